The second-order valence-corrected chi connectivity index (χ2v) is 8.72. The third-order valence-electron chi connectivity index (χ3n) is 4.59. The molecule has 0 N–H and O–H groups in total. The van der Waals surface area contributed by atoms with E-state index in [0.29, 0.717) is 16.5 Å². The van der Waals surface area contributed by atoms with Crippen molar-refractivity contribution in [2.75, 3.05) is 20.2 Å². The molecule has 142 valence electrons. The third kappa shape index (κ3) is 3.24. The maximum Gasteiger partial charge on any atom is 0.243 e. The fourth-order valence-corrected chi connectivity index (χ4v) is 4.75. The van der Waals surface area contributed by atoms with Crippen molar-refractivity contribution in [1.29, 1.82) is 0 Å². The van der Waals surface area contributed by atoms with Crippen LogP contribution in [-0.4, -0.2) is 48.8 Å². The Labute approximate surface area is 162 Å². The van der Waals surface area contributed by atoms with E-state index in [0.717, 1.165) is 10.9 Å². The number of ether oxygens (including phenoxy) is 2. The number of sulfonamides is 1. The molecular weight excluding hydrogens is 390 g/mol. The molecule has 1 aliphatic rings. The molecule has 1 saturated heterocycles. The van der Waals surface area contributed by atoms with Crippen molar-refractivity contribution in [1.82, 2.24) is 14.1 Å². The number of hydrogen-bond acceptors (Lipinski definition) is 5. The van der Waals surface area contributed by atoms with Crippen molar-refractivity contribution in [3.05, 3.63) is 47.6 Å². The summed E-state index contributed by atoms with van der Waals surface area (Å²) in [4.78, 5) is 0.252. The van der Waals surface area contributed by atoms with Crippen LogP contribution in [0.2, 0.25) is 5.02 Å². The second kappa shape index (κ2) is 6.70. The van der Waals surface area contributed by atoms with Crippen LogP contribution in [0, 0.1) is 0 Å². The number of nitrogens with zero attached hydrogens (tertiary/aromatic N) is 3. The van der Waals surface area contributed by atoms with Crippen molar-refractivity contribution >= 4 is 32.5 Å². The first-order chi connectivity index (χ1) is 12.9. The van der Waals surface area contributed by atoms with Crippen molar-refractivity contribution in [3.8, 4) is 11.5 Å². The Morgan fingerprint density at radius 3 is 2.67 bits per heavy atom. The first-order valence-electron chi connectivity index (χ1n) is 8.30. The lowest BCUT2D eigenvalue weighted by Gasteiger charge is -2.38. The number of benzene rings is 2. The molecule has 0 bridgehead atoms. The highest BCUT2D eigenvalue weighted by Crippen LogP contribution is 2.33. The van der Waals surface area contributed by atoms with E-state index in [1.807, 2.05) is 7.05 Å². The van der Waals surface area contributed by atoms with Crippen LogP contribution in [0.4, 0.5) is 0 Å². The molecule has 2 aromatic carbocycles. The predicted octanol–water partition coefficient (Wildman–Crippen LogP) is 2.69. The number of halogens is 1. The minimum atomic E-state index is -3.57. The minimum Gasteiger partial charge on any atom is -0.493 e. The topological polar surface area (TPSA) is 73.7 Å². The van der Waals surface area contributed by atoms with E-state index in [9.17, 15) is 8.42 Å². The molecule has 0 amide bonds. The molecule has 1 fully saturated rings. The van der Waals surface area contributed by atoms with Crippen LogP contribution in [0.3, 0.4) is 0 Å². The highest BCUT2D eigenvalue weighted by Gasteiger charge is 2.38. The zero-order chi connectivity index (χ0) is 19.2. The number of fused-ring (bicyclic) bond motifs is 1. The zero-order valence-corrected chi connectivity index (χ0v) is 16.4. The van der Waals surface area contributed by atoms with Crippen molar-refractivity contribution in [2.24, 2.45) is 7.05 Å². The summed E-state index contributed by atoms with van der Waals surface area (Å²) in [6.07, 6.45) is 1.40. The highest BCUT2D eigenvalue weighted by atomic mass is 35.5. The first kappa shape index (κ1) is 18.1. The number of methoxy groups -OCH3 is 1. The highest BCUT2D eigenvalue weighted by molar-refractivity contribution is 7.89. The summed E-state index contributed by atoms with van der Waals surface area (Å²) in [5, 5.41) is 5.46. The number of rotatable bonds is 5. The van der Waals surface area contributed by atoms with Crippen LogP contribution < -0.4 is 9.47 Å². The molecule has 7 nitrogen and oxygen atoms in total. The molecule has 3 aromatic rings. The molecule has 2 heterocycles. The lowest BCUT2D eigenvalue weighted by Crippen LogP contribution is -2.55. The van der Waals surface area contributed by atoms with E-state index in [4.69, 9.17) is 21.1 Å². The van der Waals surface area contributed by atoms with Crippen LogP contribution >= 0.6 is 11.6 Å². The quantitative estimate of drug-likeness (QED) is 0.650. The standard InChI is InChI=1S/C18H18ClN3O4S/c1-21-16-5-4-15(7-12(16)9-20-21)27(23,24)22-10-14(11-22)26-18-8-13(19)3-6-17(18)25-2/h3-9,14H,10-11H2,1-2H3. The molecule has 0 atom stereocenters. The Morgan fingerprint density at radius 1 is 1.15 bits per heavy atom. The van der Waals surface area contributed by atoms with Crippen LogP contribution in [-0.2, 0) is 17.1 Å². The Bertz CT molecular complexity index is 1110. The Kier molecular flexibility index (Phi) is 4.49. The average molecular weight is 408 g/mol. The molecule has 1 aromatic heterocycles. The largest absolute Gasteiger partial charge is 0.493 e. The van der Waals surface area contributed by atoms with Crippen molar-refractivity contribution in [3.63, 3.8) is 0 Å². The fourth-order valence-electron chi connectivity index (χ4n) is 3.05. The molecular formula is C18H18ClN3O4S. The summed E-state index contributed by atoms with van der Waals surface area (Å²) in [7, 11) is -0.213. The molecule has 27 heavy (non-hydrogen) atoms. The normalized spacial score (nSPS) is 15.7. The zero-order valence-electron chi connectivity index (χ0n) is 14.8. The Morgan fingerprint density at radius 2 is 1.93 bits per heavy atom. The van der Waals surface area contributed by atoms with Crippen molar-refractivity contribution < 1.29 is 17.9 Å². The van der Waals surface area contributed by atoms with Gasteiger partial charge in [0.15, 0.2) is 11.5 Å². The SMILES string of the molecule is COc1ccc(Cl)cc1OC1CN(S(=O)(=O)c2ccc3c(cnn3C)c2)C1. The molecule has 0 unspecified atom stereocenters. The van der Waals surface area contributed by atoms with E-state index in [-0.39, 0.29) is 24.1 Å². The first-order valence-corrected chi connectivity index (χ1v) is 10.1. The van der Waals surface area contributed by atoms with Gasteiger partial charge >= 0.3 is 0 Å². The van der Waals surface area contributed by atoms with Gasteiger partial charge in [0, 0.05) is 23.5 Å². The van der Waals surface area contributed by atoms with Crippen LogP contribution in [0.25, 0.3) is 10.9 Å². The molecule has 0 spiro atoms. The second-order valence-electron chi connectivity index (χ2n) is 6.35. The van der Waals surface area contributed by atoms with Gasteiger partial charge in [-0.1, -0.05) is 11.6 Å². The molecule has 9 heteroatoms. The monoisotopic (exact) mass is 407 g/mol. The molecule has 0 saturated carbocycles. The summed E-state index contributed by atoms with van der Waals surface area (Å²) >= 11 is 6.00. The molecule has 0 aliphatic carbocycles. The molecule has 0 radical (unpaired) electrons. The lowest BCUT2D eigenvalue weighted by atomic mass is 10.2. The van der Waals surface area contributed by atoms with E-state index >= 15 is 0 Å². The predicted molar refractivity (Wildman–Crippen MR) is 102 cm³/mol. The summed E-state index contributed by atoms with van der Waals surface area (Å²) in [5.41, 5.74) is 0.881. The summed E-state index contributed by atoms with van der Waals surface area (Å²) in [6, 6.07) is 10.1. The van der Waals surface area contributed by atoms with Gasteiger partial charge in [-0.15, -0.1) is 0 Å². The van der Waals surface area contributed by atoms with Gasteiger partial charge in [0.1, 0.15) is 6.10 Å². The van der Waals surface area contributed by atoms with Crippen LogP contribution in [0.15, 0.2) is 47.5 Å². The number of aryl methyl sites for hydroxylation is 1. The Hall–Kier alpha value is -2.29. The van der Waals surface area contributed by atoms with Gasteiger partial charge in [-0.2, -0.15) is 9.40 Å². The van der Waals surface area contributed by atoms with Crippen LogP contribution in [0.5, 0.6) is 11.5 Å². The molecule has 4 rings (SSSR count). The van der Waals surface area contributed by atoms with Gasteiger partial charge in [-0.3, -0.25) is 4.68 Å². The fraction of sp³-hybridized carbons (Fsp3) is 0.278. The van der Waals surface area contributed by atoms with Gasteiger partial charge in [0.25, 0.3) is 0 Å². The lowest BCUT2D eigenvalue weighted by molar-refractivity contribution is 0.0736. The summed E-state index contributed by atoms with van der Waals surface area (Å²) in [6.45, 7) is 0.534. The van der Waals surface area contributed by atoms with Crippen LogP contribution in [0.1, 0.15) is 0 Å². The number of hydrogen-bond donors (Lipinski definition) is 0. The third-order valence-corrected chi connectivity index (χ3v) is 6.65. The molecule has 1 aliphatic heterocycles. The minimum absolute atomic E-state index is 0.252. The van der Waals surface area contributed by atoms with E-state index < -0.39 is 10.0 Å². The summed E-state index contributed by atoms with van der Waals surface area (Å²) < 4.78 is 39.9. The maximum atomic E-state index is 12.8. The van der Waals surface area contributed by atoms with Gasteiger partial charge in [0.2, 0.25) is 10.0 Å². The van der Waals surface area contributed by atoms with E-state index in [1.54, 1.807) is 54.4 Å². The van der Waals surface area contributed by atoms with E-state index in [2.05, 4.69) is 5.10 Å². The summed E-state index contributed by atoms with van der Waals surface area (Å²) in [5.74, 6) is 1.06. The van der Waals surface area contributed by atoms with E-state index in [1.165, 1.54) is 4.31 Å². The van der Waals surface area contributed by atoms with Gasteiger partial charge in [0.05, 0.1) is 36.8 Å². The number of aromatic nitrogens is 2. The van der Waals surface area contributed by atoms with Gasteiger partial charge < -0.3 is 9.47 Å². The average Bonchev–Trinajstić information content (AvgIpc) is 2.98. The van der Waals surface area contributed by atoms with Gasteiger partial charge in [-0.25, -0.2) is 8.42 Å². The smallest absolute Gasteiger partial charge is 0.243 e. The van der Waals surface area contributed by atoms with Gasteiger partial charge in [-0.05, 0) is 30.3 Å². The Balaban J connectivity index is 1.48. The van der Waals surface area contributed by atoms with Crippen molar-refractivity contribution in [2.45, 2.75) is 11.0 Å². The maximum absolute atomic E-state index is 12.8.